The predicted molar refractivity (Wildman–Crippen MR) is 197 cm³/mol. The Labute approximate surface area is 289 Å². The molecular formula is C43H31N3O4. The second-order valence-corrected chi connectivity index (χ2v) is 12.9. The lowest BCUT2D eigenvalue weighted by Crippen LogP contribution is -2.30. The maximum Gasteiger partial charge on any atom is 0.266 e. The van der Waals surface area contributed by atoms with Crippen molar-refractivity contribution < 1.29 is 19.2 Å². The largest absolute Gasteiger partial charge is 0.399 e. The molecule has 0 saturated heterocycles. The van der Waals surface area contributed by atoms with Crippen LogP contribution in [-0.4, -0.2) is 23.6 Å². The van der Waals surface area contributed by atoms with Crippen molar-refractivity contribution in [3.63, 3.8) is 0 Å². The molecule has 242 valence electrons. The third kappa shape index (κ3) is 4.90. The van der Waals surface area contributed by atoms with Gasteiger partial charge in [0.1, 0.15) is 0 Å². The molecule has 6 aromatic carbocycles. The highest BCUT2D eigenvalue weighted by Crippen LogP contribution is 2.38. The fourth-order valence-corrected chi connectivity index (χ4v) is 6.87. The van der Waals surface area contributed by atoms with Crippen LogP contribution in [0.15, 0.2) is 121 Å². The number of rotatable bonds is 5. The summed E-state index contributed by atoms with van der Waals surface area (Å²) in [6.45, 7) is 5.76. The number of nitrogens with zero attached hydrogens (tertiary/aromatic N) is 2. The van der Waals surface area contributed by atoms with Crippen LogP contribution in [-0.2, 0) is 0 Å². The Bertz CT molecular complexity index is 2270. The lowest BCUT2D eigenvalue weighted by molar-refractivity contribution is 0.0910. The molecule has 2 aliphatic rings. The molecule has 0 aliphatic carbocycles. The Morgan fingerprint density at radius 1 is 0.380 bits per heavy atom. The number of nitrogen functional groups attached to an aromatic ring is 1. The molecule has 0 bridgehead atoms. The molecule has 0 atom stereocenters. The van der Waals surface area contributed by atoms with Crippen molar-refractivity contribution in [1.82, 2.24) is 0 Å². The van der Waals surface area contributed by atoms with Gasteiger partial charge in [-0.05, 0) is 126 Å². The molecule has 2 heterocycles. The van der Waals surface area contributed by atoms with Gasteiger partial charge in [0, 0.05) is 5.69 Å². The van der Waals surface area contributed by atoms with Crippen molar-refractivity contribution >= 4 is 40.7 Å². The zero-order valence-corrected chi connectivity index (χ0v) is 27.7. The van der Waals surface area contributed by atoms with Crippen LogP contribution in [0, 0.1) is 20.8 Å². The number of amides is 4. The van der Waals surface area contributed by atoms with E-state index in [0.29, 0.717) is 39.3 Å². The Kier molecular flexibility index (Phi) is 7.08. The fraction of sp³-hybridized carbons (Fsp3) is 0.0698. The fourth-order valence-electron chi connectivity index (χ4n) is 6.87. The minimum Gasteiger partial charge on any atom is -0.399 e. The van der Waals surface area contributed by atoms with Crippen LogP contribution in [0.4, 0.5) is 17.1 Å². The molecule has 7 heteroatoms. The van der Waals surface area contributed by atoms with Gasteiger partial charge in [-0.2, -0.15) is 0 Å². The first-order valence-electron chi connectivity index (χ1n) is 16.3. The van der Waals surface area contributed by atoms with Crippen LogP contribution < -0.4 is 15.5 Å². The van der Waals surface area contributed by atoms with Gasteiger partial charge in [-0.25, -0.2) is 9.80 Å². The molecule has 0 unspecified atom stereocenters. The highest BCUT2D eigenvalue weighted by Gasteiger charge is 2.39. The van der Waals surface area contributed by atoms with Gasteiger partial charge in [0.05, 0.1) is 33.6 Å². The third-order valence-electron chi connectivity index (χ3n) is 9.61. The first-order valence-corrected chi connectivity index (χ1v) is 16.3. The summed E-state index contributed by atoms with van der Waals surface area (Å²) in [5.74, 6) is -1.43. The van der Waals surface area contributed by atoms with Crippen molar-refractivity contribution in [2.45, 2.75) is 20.8 Å². The van der Waals surface area contributed by atoms with E-state index < -0.39 is 0 Å². The zero-order valence-electron chi connectivity index (χ0n) is 27.7. The van der Waals surface area contributed by atoms with Gasteiger partial charge in [-0.1, -0.05) is 66.2 Å². The number of hydrogen-bond acceptors (Lipinski definition) is 5. The second kappa shape index (κ2) is 11.5. The Balaban J connectivity index is 1.05. The molecule has 7 nitrogen and oxygen atoms in total. The average molecular weight is 654 g/mol. The molecular weight excluding hydrogens is 622 g/mol. The van der Waals surface area contributed by atoms with E-state index in [2.05, 4.69) is 0 Å². The molecule has 0 fully saturated rings. The number of nitrogens with two attached hydrogens (primary N) is 1. The number of fused-ring (bicyclic) bond motifs is 2. The number of imide groups is 2. The van der Waals surface area contributed by atoms with Crippen molar-refractivity contribution in [3.8, 4) is 33.4 Å². The first-order chi connectivity index (χ1) is 24.1. The molecule has 0 aromatic heterocycles. The summed E-state index contributed by atoms with van der Waals surface area (Å²) in [4.78, 5) is 56.7. The summed E-state index contributed by atoms with van der Waals surface area (Å²) in [7, 11) is 0. The molecule has 0 spiro atoms. The van der Waals surface area contributed by atoms with Crippen LogP contribution in [0.1, 0.15) is 58.1 Å². The van der Waals surface area contributed by atoms with E-state index in [1.165, 1.54) is 9.80 Å². The molecule has 8 rings (SSSR count). The van der Waals surface area contributed by atoms with Gasteiger partial charge in [-0.3, -0.25) is 19.2 Å². The molecule has 0 saturated carbocycles. The van der Waals surface area contributed by atoms with Gasteiger partial charge in [0.15, 0.2) is 0 Å². The Morgan fingerprint density at radius 2 is 0.720 bits per heavy atom. The minimum absolute atomic E-state index is 0.349. The van der Waals surface area contributed by atoms with E-state index >= 15 is 0 Å². The van der Waals surface area contributed by atoms with Gasteiger partial charge in [0.25, 0.3) is 23.6 Å². The third-order valence-corrected chi connectivity index (χ3v) is 9.61. The number of carbonyl (C=O) groups is 4. The predicted octanol–water partition coefficient (Wildman–Crippen LogP) is 8.80. The summed E-state index contributed by atoms with van der Waals surface area (Å²) < 4.78 is 0. The van der Waals surface area contributed by atoms with Crippen molar-refractivity contribution in [3.05, 3.63) is 160 Å². The highest BCUT2D eigenvalue weighted by molar-refractivity contribution is 6.35. The van der Waals surface area contributed by atoms with Crippen molar-refractivity contribution in [1.29, 1.82) is 0 Å². The standard InChI is InChI=1S/C43H31N3O4/c1-24-4-6-27(7-5-24)31-10-16-34-36(22-31)42(49)45(40(34)47)38-18-12-29(20-25(38)2)30-13-19-39(26(3)21-30)46-41(48)35-17-11-32(23-37(35)43(46)50)28-8-14-33(44)15-9-28/h4-23H,44H2,1-3H3. The average Bonchev–Trinajstić information content (AvgIpc) is 3.51. The number of anilines is 3. The molecule has 4 amide bonds. The highest BCUT2D eigenvalue weighted by atomic mass is 16.2. The van der Waals surface area contributed by atoms with Gasteiger partial charge < -0.3 is 5.73 Å². The topological polar surface area (TPSA) is 101 Å². The quantitative estimate of drug-likeness (QED) is 0.148. The maximum absolute atomic E-state index is 13.6. The minimum atomic E-state index is -0.370. The Hall–Kier alpha value is -6.60. The second-order valence-electron chi connectivity index (χ2n) is 12.9. The summed E-state index contributed by atoms with van der Waals surface area (Å²) in [6.07, 6.45) is 0. The van der Waals surface area contributed by atoms with Crippen LogP contribution in [0.5, 0.6) is 0 Å². The lowest BCUT2D eigenvalue weighted by Gasteiger charge is -2.19. The molecule has 0 radical (unpaired) electrons. The number of carbonyl (C=O) groups excluding carboxylic acids is 4. The van der Waals surface area contributed by atoms with Crippen LogP contribution >= 0.6 is 0 Å². The number of aryl methyl sites for hydroxylation is 3. The molecule has 6 aromatic rings. The molecule has 50 heavy (non-hydrogen) atoms. The maximum atomic E-state index is 13.6. The molecule has 2 aliphatic heterocycles. The van der Waals surface area contributed by atoms with E-state index in [1.54, 1.807) is 48.5 Å². The van der Waals surface area contributed by atoms with Gasteiger partial charge in [-0.15, -0.1) is 0 Å². The zero-order chi connectivity index (χ0) is 34.8. The number of hydrogen-bond donors (Lipinski definition) is 1. The van der Waals surface area contributed by atoms with Gasteiger partial charge in [0.2, 0.25) is 0 Å². The summed E-state index contributed by atoms with van der Waals surface area (Å²) in [5, 5.41) is 0. The van der Waals surface area contributed by atoms with Crippen LogP contribution in [0.2, 0.25) is 0 Å². The smallest absolute Gasteiger partial charge is 0.266 e. The van der Waals surface area contributed by atoms with Gasteiger partial charge >= 0.3 is 0 Å². The first kappa shape index (κ1) is 30.7. The van der Waals surface area contributed by atoms with E-state index in [9.17, 15) is 19.2 Å². The summed E-state index contributed by atoms with van der Waals surface area (Å²) in [6, 6.07) is 37.3. The van der Waals surface area contributed by atoms with Crippen molar-refractivity contribution in [2.24, 2.45) is 0 Å². The summed E-state index contributed by atoms with van der Waals surface area (Å²) in [5.41, 5.74) is 17.0. The lowest BCUT2D eigenvalue weighted by atomic mass is 9.99. The van der Waals surface area contributed by atoms with E-state index in [1.807, 2.05) is 93.6 Å². The molecule has 2 N–H and O–H groups in total. The number of benzene rings is 6. The van der Waals surface area contributed by atoms with Crippen LogP contribution in [0.25, 0.3) is 33.4 Å². The van der Waals surface area contributed by atoms with Crippen molar-refractivity contribution in [2.75, 3.05) is 15.5 Å². The van der Waals surface area contributed by atoms with E-state index in [0.717, 1.165) is 50.1 Å². The monoisotopic (exact) mass is 653 g/mol. The SMILES string of the molecule is Cc1ccc(-c2ccc3c(c2)C(=O)N(c2ccc(-c4ccc(N5C(=O)c6ccc(-c7ccc(N)cc7)cc6C5=O)c(C)c4)cc2C)C3=O)cc1. The summed E-state index contributed by atoms with van der Waals surface area (Å²) >= 11 is 0. The Morgan fingerprint density at radius 3 is 1.14 bits per heavy atom. The van der Waals surface area contributed by atoms with E-state index in [-0.39, 0.29) is 23.6 Å². The van der Waals surface area contributed by atoms with E-state index in [4.69, 9.17) is 5.73 Å². The van der Waals surface area contributed by atoms with Crippen LogP contribution in [0.3, 0.4) is 0 Å². The normalized spacial score (nSPS) is 13.7.